The van der Waals surface area contributed by atoms with E-state index in [1.54, 1.807) is 29.3 Å². The summed E-state index contributed by atoms with van der Waals surface area (Å²) in [4.78, 5) is 22.0. The van der Waals surface area contributed by atoms with Gasteiger partial charge in [-0.05, 0) is 73.0 Å². The Bertz CT molecular complexity index is 1630. The number of nitrogens with zero attached hydrogens (tertiary/aromatic N) is 3. The Morgan fingerprint density at radius 2 is 1.76 bits per heavy atom. The Hall–Kier alpha value is -3.99. The van der Waals surface area contributed by atoms with Gasteiger partial charge in [0.2, 0.25) is 5.88 Å². The lowest BCUT2D eigenvalue weighted by Crippen LogP contribution is -2.49. The van der Waals surface area contributed by atoms with Crippen molar-refractivity contribution in [2.45, 2.75) is 30.3 Å². The largest absolute Gasteiger partial charge is 0.437 e. The van der Waals surface area contributed by atoms with Gasteiger partial charge in [0.05, 0.1) is 9.92 Å². The molecular formula is C31H30ClFN4O4S. The monoisotopic (exact) mass is 608 g/mol. The zero-order valence-corrected chi connectivity index (χ0v) is 24.5. The molecule has 4 aromatic rings. The topological polar surface area (TPSA) is 91.8 Å². The standard InChI is InChI=1S/C31H30ClFN4O4S/c1-42(39,40)27-12-13-29(28(32)19-27)41-30-14-7-22(20-34-30)21-36-17-15-26(16-18-36)37(25-5-3-2-4-6-25)31(38)35-24-10-8-23(33)9-11-24/h2-14,19-20,26H,15-18,21H2,1H3,(H,35,38). The lowest BCUT2D eigenvalue weighted by molar-refractivity contribution is 0.199. The molecule has 1 aliphatic rings. The maximum Gasteiger partial charge on any atom is 0.326 e. The number of carbonyl (C=O) groups excluding carboxylic acids is 1. The van der Waals surface area contributed by atoms with E-state index in [9.17, 15) is 17.6 Å². The van der Waals surface area contributed by atoms with Crippen LogP contribution in [0.2, 0.25) is 5.02 Å². The summed E-state index contributed by atoms with van der Waals surface area (Å²) in [7, 11) is -3.37. The van der Waals surface area contributed by atoms with Crippen molar-refractivity contribution in [3.05, 3.63) is 108 Å². The van der Waals surface area contributed by atoms with E-state index in [1.807, 2.05) is 36.4 Å². The fourth-order valence-corrected chi connectivity index (χ4v) is 5.80. The summed E-state index contributed by atoms with van der Waals surface area (Å²) in [5.74, 6) is 0.304. The number of pyridine rings is 1. The van der Waals surface area contributed by atoms with E-state index in [0.29, 0.717) is 23.9 Å². The molecule has 2 heterocycles. The highest BCUT2D eigenvalue weighted by molar-refractivity contribution is 7.90. The molecule has 0 radical (unpaired) electrons. The highest BCUT2D eigenvalue weighted by Crippen LogP contribution is 2.31. The van der Waals surface area contributed by atoms with Crippen molar-refractivity contribution in [1.29, 1.82) is 0 Å². The van der Waals surface area contributed by atoms with Crippen molar-refractivity contribution in [2.75, 3.05) is 29.6 Å². The number of hydrogen-bond donors (Lipinski definition) is 1. The molecule has 1 saturated heterocycles. The number of para-hydroxylation sites is 1. The van der Waals surface area contributed by atoms with Crippen molar-refractivity contribution in [3.8, 4) is 11.6 Å². The first-order chi connectivity index (χ1) is 20.2. The molecule has 2 amide bonds. The van der Waals surface area contributed by atoms with Crippen LogP contribution in [0.15, 0.2) is 96.0 Å². The van der Waals surface area contributed by atoms with Crippen LogP contribution in [0.25, 0.3) is 0 Å². The highest BCUT2D eigenvalue weighted by atomic mass is 35.5. The Labute approximate surface area is 249 Å². The number of nitrogens with one attached hydrogen (secondary N) is 1. The maximum atomic E-state index is 13.4. The summed E-state index contributed by atoms with van der Waals surface area (Å²) in [5, 5.41) is 3.09. The van der Waals surface area contributed by atoms with E-state index >= 15 is 0 Å². The number of piperidine rings is 1. The minimum absolute atomic E-state index is 0.00293. The number of carbonyl (C=O) groups is 1. The summed E-state index contributed by atoms with van der Waals surface area (Å²) < 4.78 is 42.6. The van der Waals surface area contributed by atoms with Gasteiger partial charge in [0.1, 0.15) is 11.6 Å². The molecule has 0 atom stereocenters. The predicted octanol–water partition coefficient (Wildman–Crippen LogP) is 6.77. The first-order valence-corrected chi connectivity index (χ1v) is 15.7. The van der Waals surface area contributed by atoms with Gasteiger partial charge < -0.3 is 10.1 Å². The molecule has 42 heavy (non-hydrogen) atoms. The van der Waals surface area contributed by atoms with Crippen molar-refractivity contribution in [3.63, 3.8) is 0 Å². The molecule has 1 fully saturated rings. The van der Waals surface area contributed by atoms with Crippen LogP contribution in [-0.4, -0.2) is 49.7 Å². The van der Waals surface area contributed by atoms with Gasteiger partial charge in [-0.2, -0.15) is 0 Å². The van der Waals surface area contributed by atoms with Gasteiger partial charge >= 0.3 is 6.03 Å². The Morgan fingerprint density at radius 3 is 2.38 bits per heavy atom. The number of ether oxygens (including phenoxy) is 1. The van der Waals surface area contributed by atoms with Crippen LogP contribution in [-0.2, 0) is 16.4 Å². The lowest BCUT2D eigenvalue weighted by atomic mass is 10.0. The molecule has 1 aliphatic heterocycles. The fourth-order valence-electron chi connectivity index (χ4n) is 4.87. The second kappa shape index (κ2) is 12.9. The number of likely N-dealkylation sites (tertiary alicyclic amines) is 1. The first kappa shape index (κ1) is 29.5. The van der Waals surface area contributed by atoms with Gasteiger partial charge in [0.15, 0.2) is 9.84 Å². The smallest absolute Gasteiger partial charge is 0.326 e. The van der Waals surface area contributed by atoms with Crippen LogP contribution in [0.4, 0.5) is 20.6 Å². The summed E-state index contributed by atoms with van der Waals surface area (Å²) in [6.07, 6.45) is 4.42. The quantitative estimate of drug-likeness (QED) is 0.237. The van der Waals surface area contributed by atoms with Crippen LogP contribution in [0, 0.1) is 5.82 Å². The van der Waals surface area contributed by atoms with Crippen LogP contribution < -0.4 is 15.0 Å². The van der Waals surface area contributed by atoms with Crippen molar-refractivity contribution in [2.24, 2.45) is 0 Å². The van der Waals surface area contributed by atoms with Crippen molar-refractivity contribution >= 4 is 38.8 Å². The van der Waals surface area contributed by atoms with Crippen molar-refractivity contribution < 1.29 is 22.3 Å². The molecule has 0 unspecified atom stereocenters. The molecule has 0 aliphatic carbocycles. The number of hydrogen-bond acceptors (Lipinski definition) is 6. The molecular weight excluding hydrogens is 579 g/mol. The average Bonchev–Trinajstić information content (AvgIpc) is 2.97. The molecule has 8 nitrogen and oxygen atoms in total. The SMILES string of the molecule is CS(=O)(=O)c1ccc(Oc2ccc(CN3CCC(N(C(=O)Nc4ccc(F)cc4)c4ccccc4)CC3)cn2)c(Cl)c1. The minimum Gasteiger partial charge on any atom is -0.437 e. The van der Waals surface area contributed by atoms with Gasteiger partial charge in [0.25, 0.3) is 0 Å². The summed E-state index contributed by atoms with van der Waals surface area (Å²) in [6.45, 7) is 2.27. The van der Waals surface area contributed by atoms with Crippen molar-refractivity contribution in [1.82, 2.24) is 9.88 Å². The fraction of sp³-hybridized carbons (Fsp3) is 0.226. The number of anilines is 2. The molecule has 5 rings (SSSR count). The van der Waals surface area contributed by atoms with Crippen LogP contribution in [0.5, 0.6) is 11.6 Å². The molecule has 3 aromatic carbocycles. The van der Waals surface area contributed by atoms with Gasteiger partial charge in [-0.3, -0.25) is 9.80 Å². The third-order valence-corrected chi connectivity index (χ3v) is 8.43. The second-order valence-corrected chi connectivity index (χ2v) is 12.5. The van der Waals surface area contributed by atoms with E-state index in [-0.39, 0.29) is 27.8 Å². The number of rotatable bonds is 8. The maximum absolute atomic E-state index is 13.4. The lowest BCUT2D eigenvalue weighted by Gasteiger charge is -2.38. The Balaban J connectivity index is 1.19. The van der Waals surface area contributed by atoms with E-state index in [1.165, 1.54) is 30.3 Å². The summed E-state index contributed by atoms with van der Waals surface area (Å²) in [6, 6.07) is 23.0. The first-order valence-electron chi connectivity index (χ1n) is 13.4. The van der Waals surface area contributed by atoms with E-state index in [4.69, 9.17) is 16.3 Å². The number of aromatic nitrogens is 1. The molecule has 1 N–H and O–H groups in total. The molecule has 0 saturated carbocycles. The van der Waals surface area contributed by atoms with E-state index in [0.717, 1.165) is 43.4 Å². The van der Waals surface area contributed by atoms with Crippen LogP contribution in [0.3, 0.4) is 0 Å². The van der Waals surface area contributed by atoms with Crippen LogP contribution in [0.1, 0.15) is 18.4 Å². The normalized spacial score (nSPS) is 14.4. The number of urea groups is 1. The number of sulfone groups is 1. The molecule has 0 spiro atoms. The highest BCUT2D eigenvalue weighted by Gasteiger charge is 2.29. The average molecular weight is 609 g/mol. The zero-order chi connectivity index (χ0) is 29.7. The van der Waals surface area contributed by atoms with E-state index in [2.05, 4.69) is 15.2 Å². The van der Waals surface area contributed by atoms with Gasteiger partial charge in [-0.1, -0.05) is 35.9 Å². The number of amides is 2. The molecule has 1 aromatic heterocycles. The molecule has 0 bridgehead atoms. The van der Waals surface area contributed by atoms with Gasteiger partial charge in [0, 0.05) is 55.6 Å². The van der Waals surface area contributed by atoms with E-state index < -0.39 is 9.84 Å². The third-order valence-electron chi connectivity index (χ3n) is 7.02. The Kier molecular flexibility index (Phi) is 9.06. The van der Waals surface area contributed by atoms with Crippen LogP contribution >= 0.6 is 11.6 Å². The molecule has 11 heteroatoms. The number of halogens is 2. The Morgan fingerprint density at radius 1 is 1.05 bits per heavy atom. The zero-order valence-electron chi connectivity index (χ0n) is 22.9. The predicted molar refractivity (Wildman–Crippen MR) is 162 cm³/mol. The summed E-state index contributed by atoms with van der Waals surface area (Å²) in [5.41, 5.74) is 2.35. The summed E-state index contributed by atoms with van der Waals surface area (Å²) >= 11 is 6.22. The second-order valence-electron chi connectivity index (χ2n) is 10.1. The minimum atomic E-state index is -3.37. The van der Waals surface area contributed by atoms with Gasteiger partial charge in [-0.25, -0.2) is 22.6 Å². The molecule has 218 valence electrons. The third kappa shape index (κ3) is 7.44. The van der Waals surface area contributed by atoms with Gasteiger partial charge in [-0.15, -0.1) is 0 Å². The number of benzene rings is 3.